The van der Waals surface area contributed by atoms with Gasteiger partial charge in [0.15, 0.2) is 0 Å². The lowest BCUT2D eigenvalue weighted by Gasteiger charge is -2.13. The van der Waals surface area contributed by atoms with Gasteiger partial charge in [-0.15, -0.1) is 11.3 Å². The standard InChI is InChI=1S/C19H13ClF6N2S/c20-14-3-1-10(2-4-14)5-15(27)17-28-16(9-29-17)11-6-12(18(21,22)23)8-13(7-11)19(24,25)26/h1-4,6-9,15H,5,27H2. The van der Waals surface area contributed by atoms with E-state index in [9.17, 15) is 26.3 Å². The fraction of sp³-hybridized carbons (Fsp3) is 0.211. The molecule has 1 unspecified atom stereocenters. The number of halogens is 7. The van der Waals surface area contributed by atoms with E-state index in [0.29, 0.717) is 28.6 Å². The molecule has 0 aliphatic rings. The van der Waals surface area contributed by atoms with E-state index in [2.05, 4.69) is 4.98 Å². The Morgan fingerprint density at radius 1 is 0.931 bits per heavy atom. The molecule has 0 radical (unpaired) electrons. The molecule has 2 aromatic carbocycles. The second kappa shape index (κ2) is 7.97. The number of thiazole rings is 1. The summed E-state index contributed by atoms with van der Waals surface area (Å²) in [7, 11) is 0. The quantitative estimate of drug-likeness (QED) is 0.447. The molecule has 3 rings (SSSR count). The maximum atomic E-state index is 13.0. The molecular weight excluding hydrogens is 438 g/mol. The molecule has 1 heterocycles. The third-order valence-electron chi connectivity index (χ3n) is 4.09. The van der Waals surface area contributed by atoms with Crippen LogP contribution in [0.5, 0.6) is 0 Å². The molecule has 0 bridgehead atoms. The first kappa shape index (κ1) is 21.6. The predicted octanol–water partition coefficient (Wildman–Crippen LogP) is 6.74. The predicted molar refractivity (Wildman–Crippen MR) is 99.6 cm³/mol. The van der Waals surface area contributed by atoms with Crippen LogP contribution in [0.15, 0.2) is 47.8 Å². The SMILES string of the molecule is NC(Cc1ccc(Cl)cc1)c1nc(-c2cc(C(F)(F)F)cc(C(F)(F)F)c2)cs1. The van der Waals surface area contributed by atoms with Crippen molar-refractivity contribution in [3.05, 3.63) is 74.6 Å². The van der Waals surface area contributed by atoms with Crippen molar-refractivity contribution in [1.82, 2.24) is 4.98 Å². The van der Waals surface area contributed by atoms with Crippen LogP contribution >= 0.6 is 22.9 Å². The Morgan fingerprint density at radius 2 is 1.48 bits per heavy atom. The molecule has 3 aromatic rings. The third-order valence-corrected chi connectivity index (χ3v) is 5.32. The molecule has 0 aliphatic carbocycles. The van der Waals surface area contributed by atoms with Crippen molar-refractivity contribution in [1.29, 1.82) is 0 Å². The highest BCUT2D eigenvalue weighted by molar-refractivity contribution is 7.10. The highest BCUT2D eigenvalue weighted by Crippen LogP contribution is 2.39. The van der Waals surface area contributed by atoms with E-state index in [0.717, 1.165) is 16.9 Å². The largest absolute Gasteiger partial charge is 0.416 e. The molecule has 154 valence electrons. The van der Waals surface area contributed by atoms with Crippen LogP contribution in [0.3, 0.4) is 0 Å². The van der Waals surface area contributed by atoms with Crippen LogP contribution in [-0.4, -0.2) is 4.98 Å². The molecule has 0 spiro atoms. The van der Waals surface area contributed by atoms with Crippen LogP contribution in [0.4, 0.5) is 26.3 Å². The van der Waals surface area contributed by atoms with Crippen molar-refractivity contribution in [2.75, 3.05) is 0 Å². The molecule has 0 saturated heterocycles. The van der Waals surface area contributed by atoms with Crippen LogP contribution in [0.25, 0.3) is 11.3 Å². The number of hydrogen-bond donors (Lipinski definition) is 1. The zero-order chi connectivity index (χ0) is 21.4. The van der Waals surface area contributed by atoms with Gasteiger partial charge in [0, 0.05) is 16.0 Å². The maximum Gasteiger partial charge on any atom is 0.416 e. The van der Waals surface area contributed by atoms with E-state index in [-0.39, 0.29) is 17.3 Å². The smallest absolute Gasteiger partial charge is 0.322 e. The highest BCUT2D eigenvalue weighted by Gasteiger charge is 2.37. The summed E-state index contributed by atoms with van der Waals surface area (Å²) in [6.07, 6.45) is -9.44. The van der Waals surface area contributed by atoms with E-state index >= 15 is 0 Å². The van der Waals surface area contributed by atoms with E-state index in [4.69, 9.17) is 17.3 Å². The number of aromatic nitrogens is 1. The average molecular weight is 451 g/mol. The summed E-state index contributed by atoms with van der Waals surface area (Å²) in [5, 5.41) is 2.36. The average Bonchev–Trinajstić information content (AvgIpc) is 3.12. The van der Waals surface area contributed by atoms with Crippen LogP contribution in [0, 0.1) is 0 Å². The summed E-state index contributed by atoms with van der Waals surface area (Å²) < 4.78 is 78.2. The van der Waals surface area contributed by atoms with Crippen molar-refractivity contribution in [2.24, 2.45) is 5.73 Å². The Kier molecular flexibility index (Phi) is 5.93. The van der Waals surface area contributed by atoms with E-state index in [1.807, 2.05) is 0 Å². The van der Waals surface area contributed by atoms with E-state index < -0.39 is 29.5 Å². The number of benzene rings is 2. The summed E-state index contributed by atoms with van der Waals surface area (Å²) >= 11 is 6.90. The minimum atomic E-state index is -4.92. The lowest BCUT2D eigenvalue weighted by molar-refractivity contribution is -0.143. The molecule has 1 aromatic heterocycles. The molecule has 29 heavy (non-hydrogen) atoms. The van der Waals surface area contributed by atoms with Gasteiger partial charge in [0.2, 0.25) is 0 Å². The van der Waals surface area contributed by atoms with Gasteiger partial charge in [-0.3, -0.25) is 0 Å². The Balaban J connectivity index is 1.91. The number of nitrogens with zero attached hydrogens (tertiary/aromatic N) is 1. The van der Waals surface area contributed by atoms with Gasteiger partial charge < -0.3 is 5.73 Å². The van der Waals surface area contributed by atoms with E-state index in [1.54, 1.807) is 24.3 Å². The molecular formula is C19H13ClF6N2S. The minimum absolute atomic E-state index is 0.00755. The molecule has 2 N–H and O–H groups in total. The first-order valence-corrected chi connectivity index (χ1v) is 9.44. The lowest BCUT2D eigenvalue weighted by atomic mass is 10.0. The Morgan fingerprint density at radius 3 is 2.00 bits per heavy atom. The Hall–Kier alpha value is -2.10. The molecule has 0 fully saturated rings. The molecule has 10 heteroatoms. The monoisotopic (exact) mass is 450 g/mol. The number of alkyl halides is 6. The molecule has 1 atom stereocenters. The minimum Gasteiger partial charge on any atom is -0.322 e. The van der Waals surface area contributed by atoms with Crippen molar-refractivity contribution in [3.8, 4) is 11.3 Å². The maximum absolute atomic E-state index is 13.0. The van der Waals surface area contributed by atoms with Gasteiger partial charge in [-0.05, 0) is 42.3 Å². The fourth-order valence-electron chi connectivity index (χ4n) is 2.66. The number of rotatable bonds is 4. The summed E-state index contributed by atoms with van der Waals surface area (Å²) in [5.41, 5.74) is 3.95. The van der Waals surface area contributed by atoms with Crippen LogP contribution < -0.4 is 5.73 Å². The molecule has 0 aliphatic heterocycles. The Bertz CT molecular complexity index is 963. The zero-order valence-corrected chi connectivity index (χ0v) is 16.1. The van der Waals surface area contributed by atoms with Gasteiger partial charge in [0.1, 0.15) is 5.01 Å². The molecule has 0 saturated carbocycles. The number of nitrogens with two attached hydrogens (primary N) is 1. The van der Waals surface area contributed by atoms with Crippen LogP contribution in [0.1, 0.15) is 27.7 Å². The molecule has 0 amide bonds. The highest BCUT2D eigenvalue weighted by atomic mass is 35.5. The lowest BCUT2D eigenvalue weighted by Crippen LogP contribution is -2.13. The summed E-state index contributed by atoms with van der Waals surface area (Å²) in [6, 6.07) is 7.76. The Labute approximate surface area is 171 Å². The van der Waals surface area contributed by atoms with Gasteiger partial charge in [0.05, 0.1) is 22.9 Å². The first-order valence-electron chi connectivity index (χ1n) is 8.19. The fourth-order valence-corrected chi connectivity index (χ4v) is 3.61. The summed E-state index contributed by atoms with van der Waals surface area (Å²) in [4.78, 5) is 4.17. The van der Waals surface area contributed by atoms with Crippen molar-refractivity contribution < 1.29 is 26.3 Å². The normalized spacial score (nSPS) is 13.5. The van der Waals surface area contributed by atoms with E-state index in [1.165, 1.54) is 5.38 Å². The summed E-state index contributed by atoms with van der Waals surface area (Å²) in [6.45, 7) is 0. The van der Waals surface area contributed by atoms with Crippen molar-refractivity contribution in [2.45, 2.75) is 24.8 Å². The van der Waals surface area contributed by atoms with Gasteiger partial charge in [-0.1, -0.05) is 23.7 Å². The summed E-state index contributed by atoms with van der Waals surface area (Å²) in [5.74, 6) is 0. The topological polar surface area (TPSA) is 38.9 Å². The second-order valence-corrected chi connectivity index (χ2v) is 7.63. The van der Waals surface area contributed by atoms with Gasteiger partial charge >= 0.3 is 12.4 Å². The van der Waals surface area contributed by atoms with Gasteiger partial charge in [-0.25, -0.2) is 4.98 Å². The third kappa shape index (κ3) is 5.29. The first-order chi connectivity index (χ1) is 13.4. The van der Waals surface area contributed by atoms with Gasteiger partial charge in [-0.2, -0.15) is 26.3 Å². The second-order valence-electron chi connectivity index (χ2n) is 6.30. The van der Waals surface area contributed by atoms with Crippen LogP contribution in [0.2, 0.25) is 5.02 Å². The zero-order valence-electron chi connectivity index (χ0n) is 14.5. The molecule has 2 nitrogen and oxygen atoms in total. The van der Waals surface area contributed by atoms with Crippen molar-refractivity contribution in [3.63, 3.8) is 0 Å². The van der Waals surface area contributed by atoms with Crippen molar-refractivity contribution >= 4 is 22.9 Å². The van der Waals surface area contributed by atoms with Gasteiger partial charge in [0.25, 0.3) is 0 Å². The van der Waals surface area contributed by atoms with Crippen LogP contribution in [-0.2, 0) is 18.8 Å². The number of hydrogen-bond acceptors (Lipinski definition) is 3.